The normalized spacial score (nSPS) is 10.8. The van der Waals surface area contributed by atoms with Crippen molar-refractivity contribution >= 4 is 33.8 Å². The second-order valence-electron chi connectivity index (χ2n) is 4.17. The number of hydrogen-bond donors (Lipinski definition) is 0. The number of furan rings is 1. The van der Waals surface area contributed by atoms with E-state index >= 15 is 0 Å². The second kappa shape index (κ2) is 4.53. The fourth-order valence-corrected chi connectivity index (χ4v) is 2.44. The number of carbonyl (C=O) groups is 1. The van der Waals surface area contributed by atoms with E-state index < -0.39 is 4.92 Å². The molecule has 0 saturated carbocycles. The van der Waals surface area contributed by atoms with Crippen molar-refractivity contribution in [2.24, 2.45) is 0 Å². The quantitative estimate of drug-likeness (QED) is 0.419. The van der Waals surface area contributed by atoms with E-state index in [1.807, 2.05) is 6.92 Å². The van der Waals surface area contributed by atoms with E-state index in [1.54, 1.807) is 5.38 Å². The lowest BCUT2D eigenvalue weighted by Crippen LogP contribution is -1.99. The number of nitro benzene ring substituents is 1. The zero-order valence-corrected chi connectivity index (χ0v) is 11.1. The number of carbonyl (C=O) groups excluding carboxylic acids is 1. The summed E-state index contributed by atoms with van der Waals surface area (Å²) in [6.07, 6.45) is 0. The number of aromatic nitrogens is 1. The Hall–Kier alpha value is -2.54. The first kappa shape index (κ1) is 12.5. The third kappa shape index (κ3) is 2.08. The van der Waals surface area contributed by atoms with Crippen LogP contribution in [0.2, 0.25) is 0 Å². The monoisotopic (exact) mass is 288 g/mol. The van der Waals surface area contributed by atoms with Crippen LogP contribution < -0.4 is 0 Å². The van der Waals surface area contributed by atoms with Crippen LogP contribution in [0.3, 0.4) is 0 Å². The largest absolute Gasteiger partial charge is 0.453 e. The van der Waals surface area contributed by atoms with Gasteiger partial charge in [0.25, 0.3) is 5.69 Å². The summed E-state index contributed by atoms with van der Waals surface area (Å²) in [7, 11) is 0. The Kier molecular flexibility index (Phi) is 2.83. The topological polar surface area (TPSA) is 86.2 Å². The Bertz CT molecular complexity index is 834. The van der Waals surface area contributed by atoms with E-state index in [1.165, 1.54) is 35.6 Å². The van der Waals surface area contributed by atoms with Crippen molar-refractivity contribution in [2.75, 3.05) is 0 Å². The van der Waals surface area contributed by atoms with Crippen LogP contribution in [0.4, 0.5) is 5.69 Å². The fraction of sp³-hybridized carbons (Fsp3) is 0.0769. The summed E-state index contributed by atoms with van der Waals surface area (Å²) in [5.74, 6) is -0.195. The molecule has 3 rings (SSSR count). The Labute approximate surface area is 116 Å². The number of nitrogens with zero attached hydrogens (tertiary/aromatic N) is 2. The smallest absolute Gasteiger partial charge is 0.270 e. The highest BCUT2D eigenvalue weighted by atomic mass is 32.1. The summed E-state index contributed by atoms with van der Waals surface area (Å²) in [4.78, 5) is 26.5. The number of thiazole rings is 1. The summed E-state index contributed by atoms with van der Waals surface area (Å²) < 4.78 is 5.42. The van der Waals surface area contributed by atoms with Crippen LogP contribution >= 0.6 is 11.3 Å². The number of ketones is 1. The van der Waals surface area contributed by atoms with E-state index in [4.69, 9.17) is 4.42 Å². The lowest BCUT2D eigenvalue weighted by atomic mass is 10.2. The van der Waals surface area contributed by atoms with Gasteiger partial charge in [0, 0.05) is 22.9 Å². The molecular formula is C13H8N2O4S. The maximum absolute atomic E-state index is 12.2. The van der Waals surface area contributed by atoms with Crippen LogP contribution in [0.5, 0.6) is 0 Å². The summed E-state index contributed by atoms with van der Waals surface area (Å²) in [6.45, 7) is 1.81. The number of aryl methyl sites for hydroxylation is 1. The predicted octanol–water partition coefficient (Wildman–Crippen LogP) is 3.34. The average Bonchev–Trinajstić information content (AvgIpc) is 3.02. The van der Waals surface area contributed by atoms with E-state index in [0.29, 0.717) is 16.7 Å². The summed E-state index contributed by atoms with van der Waals surface area (Å²) >= 11 is 1.38. The third-order valence-corrected chi connectivity index (χ3v) is 3.56. The average molecular weight is 288 g/mol. The van der Waals surface area contributed by atoms with Gasteiger partial charge in [-0.25, -0.2) is 4.98 Å². The molecule has 0 atom stereocenters. The molecule has 2 heterocycles. The number of non-ortho nitro benzene ring substituents is 1. The second-order valence-corrected chi connectivity index (χ2v) is 5.23. The predicted molar refractivity (Wildman–Crippen MR) is 73.2 cm³/mol. The van der Waals surface area contributed by atoms with Crippen LogP contribution in [-0.4, -0.2) is 15.7 Å². The maximum atomic E-state index is 12.2. The van der Waals surface area contributed by atoms with Crippen LogP contribution in [0.25, 0.3) is 11.0 Å². The van der Waals surface area contributed by atoms with Crippen molar-refractivity contribution in [3.8, 4) is 0 Å². The highest BCUT2D eigenvalue weighted by molar-refractivity contribution is 7.09. The molecule has 7 heteroatoms. The molecule has 0 fully saturated rings. The Morgan fingerprint density at radius 1 is 1.40 bits per heavy atom. The van der Waals surface area contributed by atoms with Crippen molar-refractivity contribution in [3.05, 3.63) is 56.2 Å². The number of benzene rings is 1. The van der Waals surface area contributed by atoms with Crippen LogP contribution in [0.15, 0.2) is 34.1 Å². The van der Waals surface area contributed by atoms with E-state index in [0.717, 1.165) is 5.01 Å². The molecule has 6 nitrogen and oxygen atoms in total. The van der Waals surface area contributed by atoms with Crippen molar-refractivity contribution < 1.29 is 14.1 Å². The Morgan fingerprint density at radius 3 is 2.85 bits per heavy atom. The van der Waals surface area contributed by atoms with E-state index in [2.05, 4.69) is 4.98 Å². The molecular weight excluding hydrogens is 280 g/mol. The number of fused-ring (bicyclic) bond motifs is 1. The molecule has 0 unspecified atom stereocenters. The molecule has 0 aliphatic carbocycles. The first-order chi connectivity index (χ1) is 9.54. The van der Waals surface area contributed by atoms with Crippen LogP contribution in [-0.2, 0) is 0 Å². The zero-order chi connectivity index (χ0) is 14.3. The van der Waals surface area contributed by atoms with Crippen molar-refractivity contribution in [2.45, 2.75) is 6.92 Å². The minimum absolute atomic E-state index is 0.0400. The molecule has 100 valence electrons. The van der Waals surface area contributed by atoms with E-state index in [-0.39, 0.29) is 17.2 Å². The van der Waals surface area contributed by atoms with Gasteiger partial charge in [0.2, 0.25) is 5.78 Å². The minimum atomic E-state index is -0.488. The van der Waals surface area contributed by atoms with Crippen LogP contribution in [0.1, 0.15) is 21.3 Å². The maximum Gasteiger partial charge on any atom is 0.270 e. The van der Waals surface area contributed by atoms with Gasteiger partial charge in [0.1, 0.15) is 11.3 Å². The fourth-order valence-electron chi connectivity index (χ4n) is 1.85. The molecule has 2 aromatic heterocycles. The van der Waals surface area contributed by atoms with Crippen molar-refractivity contribution in [1.82, 2.24) is 4.98 Å². The molecule has 1 aromatic carbocycles. The number of rotatable bonds is 3. The third-order valence-electron chi connectivity index (χ3n) is 2.79. The highest BCUT2D eigenvalue weighted by Crippen LogP contribution is 2.25. The van der Waals surface area contributed by atoms with Gasteiger partial charge < -0.3 is 4.42 Å². The van der Waals surface area contributed by atoms with Crippen molar-refractivity contribution in [1.29, 1.82) is 0 Å². The molecule has 0 bridgehead atoms. The molecule has 0 spiro atoms. The number of nitro groups is 1. The molecule has 0 aliphatic rings. The summed E-state index contributed by atoms with van der Waals surface area (Å²) in [5, 5.41) is 13.7. The van der Waals surface area contributed by atoms with Crippen molar-refractivity contribution in [3.63, 3.8) is 0 Å². The van der Waals surface area contributed by atoms with Gasteiger partial charge in [0.15, 0.2) is 5.76 Å². The van der Waals surface area contributed by atoms with Gasteiger partial charge in [0.05, 0.1) is 9.93 Å². The molecule has 0 radical (unpaired) electrons. The first-order valence-corrected chi connectivity index (χ1v) is 6.57. The zero-order valence-electron chi connectivity index (χ0n) is 10.3. The van der Waals surface area contributed by atoms with Gasteiger partial charge in [-0.3, -0.25) is 14.9 Å². The molecule has 0 saturated heterocycles. The van der Waals surface area contributed by atoms with Crippen LogP contribution in [0, 0.1) is 17.0 Å². The lowest BCUT2D eigenvalue weighted by Gasteiger charge is -1.90. The van der Waals surface area contributed by atoms with Gasteiger partial charge in [-0.1, -0.05) is 0 Å². The standard InChI is InChI=1S/C13H8N2O4S/c1-7-14-10(6-20-7)13(16)12-5-8-4-9(15(17)18)2-3-11(8)19-12/h2-6H,1H3. The number of hydrogen-bond acceptors (Lipinski definition) is 6. The van der Waals surface area contributed by atoms with Gasteiger partial charge in [-0.05, 0) is 19.1 Å². The van der Waals surface area contributed by atoms with E-state index in [9.17, 15) is 14.9 Å². The van der Waals surface area contributed by atoms with Gasteiger partial charge in [-0.2, -0.15) is 0 Å². The summed E-state index contributed by atoms with van der Waals surface area (Å²) in [5.41, 5.74) is 0.716. The Morgan fingerprint density at radius 2 is 2.20 bits per heavy atom. The molecule has 0 N–H and O–H groups in total. The molecule has 3 aromatic rings. The Balaban J connectivity index is 2.04. The van der Waals surface area contributed by atoms with Gasteiger partial charge >= 0.3 is 0 Å². The minimum Gasteiger partial charge on any atom is -0.453 e. The molecule has 0 amide bonds. The molecule has 20 heavy (non-hydrogen) atoms. The summed E-state index contributed by atoms with van der Waals surface area (Å²) in [6, 6.07) is 5.70. The lowest BCUT2D eigenvalue weighted by molar-refractivity contribution is -0.384. The molecule has 0 aliphatic heterocycles. The SMILES string of the molecule is Cc1nc(C(=O)c2cc3cc([N+](=O)[O-])ccc3o2)cs1. The first-order valence-electron chi connectivity index (χ1n) is 5.69. The van der Waals surface area contributed by atoms with Gasteiger partial charge in [-0.15, -0.1) is 11.3 Å². The highest BCUT2D eigenvalue weighted by Gasteiger charge is 2.18.